The Labute approximate surface area is 159 Å². The van der Waals surface area contributed by atoms with Gasteiger partial charge in [0.25, 0.3) is 0 Å². The Balaban J connectivity index is 2.10. The summed E-state index contributed by atoms with van der Waals surface area (Å²) in [5.41, 5.74) is 4.95. The second-order valence-corrected chi connectivity index (χ2v) is 6.59. The summed E-state index contributed by atoms with van der Waals surface area (Å²) in [6.45, 7) is 0. The quantitative estimate of drug-likeness (QED) is 0.325. The highest BCUT2D eigenvalue weighted by Gasteiger charge is 2.37. The van der Waals surface area contributed by atoms with E-state index in [4.69, 9.17) is 0 Å². The molecule has 0 saturated carbocycles. The molecule has 0 heterocycles. The highest BCUT2D eigenvalue weighted by molar-refractivity contribution is 5.75. The van der Waals surface area contributed by atoms with Crippen molar-refractivity contribution in [2.75, 3.05) is 0 Å². The molecule has 0 unspecified atom stereocenters. The molecule has 0 aliphatic rings. The van der Waals surface area contributed by atoms with Gasteiger partial charge >= 0.3 is 0 Å². The molecule has 0 aromatic heterocycles. The van der Waals surface area contributed by atoms with Gasteiger partial charge in [-0.25, -0.2) is 0 Å². The van der Waals surface area contributed by atoms with Crippen LogP contribution in [0.15, 0.2) is 115 Å². The third-order valence-corrected chi connectivity index (χ3v) is 5.10. The van der Waals surface area contributed by atoms with Crippen LogP contribution in [0.1, 0.15) is 32.6 Å². The zero-order valence-corrected chi connectivity index (χ0v) is 15.0. The molecular weight excluding hydrogens is 328 g/mol. The van der Waals surface area contributed by atoms with Crippen LogP contribution in [0.3, 0.4) is 0 Å². The van der Waals surface area contributed by atoms with Crippen LogP contribution < -0.4 is 0 Å². The number of aldehydes is 1. The van der Waals surface area contributed by atoms with Gasteiger partial charge in [0.15, 0.2) is 0 Å². The first-order valence-corrected chi connectivity index (χ1v) is 9.08. The maximum Gasteiger partial charge on any atom is 0.150 e. The van der Waals surface area contributed by atoms with Crippen LogP contribution >= 0.6 is 0 Å². The van der Waals surface area contributed by atoms with Crippen molar-refractivity contribution in [3.05, 3.63) is 143 Å². The SMILES string of the molecule is O=Cc1ccc(C(c2ccccc2)(c2ccccc2)c2ccccc2)cc1. The van der Waals surface area contributed by atoms with E-state index in [1.54, 1.807) is 0 Å². The lowest BCUT2D eigenvalue weighted by Gasteiger charge is -2.36. The minimum absolute atomic E-state index is 0.453. The lowest BCUT2D eigenvalue weighted by atomic mass is 9.65. The summed E-state index contributed by atoms with van der Waals surface area (Å²) in [5, 5.41) is 0. The second kappa shape index (κ2) is 7.43. The van der Waals surface area contributed by atoms with Gasteiger partial charge in [-0.2, -0.15) is 0 Å². The zero-order valence-electron chi connectivity index (χ0n) is 15.0. The fourth-order valence-corrected chi connectivity index (χ4v) is 3.88. The lowest BCUT2D eigenvalue weighted by Crippen LogP contribution is -2.30. The van der Waals surface area contributed by atoms with Gasteiger partial charge in [0.1, 0.15) is 6.29 Å². The van der Waals surface area contributed by atoms with Crippen molar-refractivity contribution in [2.24, 2.45) is 0 Å². The molecule has 0 N–H and O–H groups in total. The van der Waals surface area contributed by atoms with E-state index in [2.05, 4.69) is 84.9 Å². The highest BCUT2D eigenvalue weighted by atomic mass is 16.1. The van der Waals surface area contributed by atoms with Crippen LogP contribution in [-0.4, -0.2) is 6.29 Å². The Morgan fingerprint density at radius 1 is 0.444 bits per heavy atom. The topological polar surface area (TPSA) is 17.1 Å². The molecular formula is C26H20O. The molecule has 0 aliphatic carbocycles. The van der Waals surface area contributed by atoms with Gasteiger partial charge in [0, 0.05) is 5.56 Å². The molecule has 0 radical (unpaired) electrons. The fraction of sp³-hybridized carbons (Fsp3) is 0.0385. The predicted octanol–water partition coefficient (Wildman–Crippen LogP) is 5.88. The molecule has 4 aromatic rings. The first-order chi connectivity index (χ1) is 13.4. The number of hydrogen-bond acceptors (Lipinski definition) is 1. The number of carbonyl (C=O) groups is 1. The molecule has 0 spiro atoms. The van der Waals surface area contributed by atoms with Crippen LogP contribution in [0, 0.1) is 0 Å². The van der Waals surface area contributed by atoms with Crippen molar-refractivity contribution < 1.29 is 4.79 Å². The number of benzene rings is 4. The van der Waals surface area contributed by atoms with Gasteiger partial charge in [0.05, 0.1) is 5.41 Å². The van der Waals surface area contributed by atoms with Gasteiger partial charge in [0.2, 0.25) is 0 Å². The first-order valence-electron chi connectivity index (χ1n) is 9.08. The van der Waals surface area contributed by atoms with Gasteiger partial charge in [-0.3, -0.25) is 4.79 Å². The van der Waals surface area contributed by atoms with Crippen molar-refractivity contribution in [1.29, 1.82) is 0 Å². The van der Waals surface area contributed by atoms with E-state index in [0.717, 1.165) is 11.8 Å². The van der Waals surface area contributed by atoms with Crippen molar-refractivity contribution in [2.45, 2.75) is 5.41 Å². The van der Waals surface area contributed by atoms with E-state index in [0.29, 0.717) is 5.56 Å². The van der Waals surface area contributed by atoms with Gasteiger partial charge in [-0.1, -0.05) is 115 Å². The molecule has 4 aromatic carbocycles. The number of rotatable bonds is 5. The smallest absolute Gasteiger partial charge is 0.150 e. The monoisotopic (exact) mass is 348 g/mol. The van der Waals surface area contributed by atoms with E-state index in [-0.39, 0.29) is 0 Å². The fourth-order valence-electron chi connectivity index (χ4n) is 3.88. The van der Waals surface area contributed by atoms with E-state index in [1.165, 1.54) is 16.7 Å². The molecule has 27 heavy (non-hydrogen) atoms. The predicted molar refractivity (Wildman–Crippen MR) is 110 cm³/mol. The maximum atomic E-state index is 11.2. The molecule has 4 rings (SSSR count). The summed E-state index contributed by atoms with van der Waals surface area (Å²) in [4.78, 5) is 11.2. The van der Waals surface area contributed by atoms with E-state index < -0.39 is 5.41 Å². The van der Waals surface area contributed by atoms with Crippen LogP contribution in [0.4, 0.5) is 0 Å². The van der Waals surface area contributed by atoms with E-state index in [9.17, 15) is 4.79 Å². The summed E-state index contributed by atoms with van der Waals surface area (Å²) in [6, 6.07) is 39.6. The van der Waals surface area contributed by atoms with Crippen LogP contribution in [-0.2, 0) is 5.41 Å². The van der Waals surface area contributed by atoms with Crippen LogP contribution in [0.2, 0.25) is 0 Å². The molecule has 0 amide bonds. The average molecular weight is 348 g/mol. The number of hydrogen-bond donors (Lipinski definition) is 0. The summed E-state index contributed by atoms with van der Waals surface area (Å²) in [7, 11) is 0. The Bertz CT molecular complexity index is 907. The standard InChI is InChI=1S/C26H20O/c27-20-21-16-18-25(19-17-21)26(22-10-4-1-5-11-22,23-12-6-2-7-13-23)24-14-8-3-9-15-24/h1-20H. The molecule has 0 fully saturated rings. The average Bonchev–Trinajstić information content (AvgIpc) is 2.77. The molecule has 0 atom stereocenters. The Morgan fingerprint density at radius 3 is 1.11 bits per heavy atom. The van der Waals surface area contributed by atoms with Crippen molar-refractivity contribution in [3.63, 3.8) is 0 Å². The molecule has 1 nitrogen and oxygen atoms in total. The van der Waals surface area contributed by atoms with Crippen molar-refractivity contribution >= 4 is 6.29 Å². The molecule has 1 heteroatoms. The van der Waals surface area contributed by atoms with Crippen molar-refractivity contribution in [3.8, 4) is 0 Å². The second-order valence-electron chi connectivity index (χ2n) is 6.59. The van der Waals surface area contributed by atoms with E-state index in [1.807, 2.05) is 30.3 Å². The van der Waals surface area contributed by atoms with Gasteiger partial charge in [-0.05, 0) is 22.3 Å². The molecule has 0 aliphatic heterocycles. The van der Waals surface area contributed by atoms with Gasteiger partial charge < -0.3 is 0 Å². The normalized spacial score (nSPS) is 11.1. The summed E-state index contributed by atoms with van der Waals surface area (Å²) >= 11 is 0. The third-order valence-electron chi connectivity index (χ3n) is 5.10. The third kappa shape index (κ3) is 2.98. The van der Waals surface area contributed by atoms with Crippen molar-refractivity contribution in [1.82, 2.24) is 0 Å². The van der Waals surface area contributed by atoms with Gasteiger partial charge in [-0.15, -0.1) is 0 Å². The summed E-state index contributed by atoms with van der Waals surface area (Å²) < 4.78 is 0. The molecule has 0 saturated heterocycles. The minimum Gasteiger partial charge on any atom is -0.298 e. The highest BCUT2D eigenvalue weighted by Crippen LogP contribution is 2.44. The largest absolute Gasteiger partial charge is 0.298 e. The Morgan fingerprint density at radius 2 is 0.778 bits per heavy atom. The lowest BCUT2D eigenvalue weighted by molar-refractivity contribution is 0.112. The molecule has 0 bridgehead atoms. The summed E-state index contributed by atoms with van der Waals surface area (Å²) in [6.07, 6.45) is 0.888. The zero-order chi connectivity index (χ0) is 18.5. The number of carbonyl (C=O) groups excluding carboxylic acids is 1. The maximum absolute atomic E-state index is 11.2. The van der Waals surface area contributed by atoms with Crippen LogP contribution in [0.25, 0.3) is 0 Å². The molecule has 130 valence electrons. The first kappa shape index (κ1) is 17.0. The Hall–Kier alpha value is -3.45. The van der Waals surface area contributed by atoms with E-state index >= 15 is 0 Å². The minimum atomic E-state index is -0.453. The van der Waals surface area contributed by atoms with Crippen LogP contribution in [0.5, 0.6) is 0 Å². The summed E-state index contributed by atoms with van der Waals surface area (Å²) in [5.74, 6) is 0. The Kier molecular flexibility index (Phi) is 4.67.